The van der Waals surface area contributed by atoms with E-state index in [0.717, 1.165) is 30.6 Å². The number of rotatable bonds is 2. The molecule has 0 spiro atoms. The minimum Gasteiger partial charge on any atom is -0.353 e. The molecule has 1 aromatic rings. The van der Waals surface area contributed by atoms with Crippen molar-refractivity contribution >= 4 is 12.0 Å². The highest BCUT2D eigenvalue weighted by Crippen LogP contribution is 2.65. The Labute approximate surface area is 169 Å². The fourth-order valence-corrected chi connectivity index (χ4v) is 7.76. The fourth-order valence-electron chi connectivity index (χ4n) is 7.76. The number of carbonyl (C=O) groups excluding carboxylic acids is 1. The van der Waals surface area contributed by atoms with Crippen molar-refractivity contribution in [3.63, 3.8) is 0 Å². The van der Waals surface area contributed by atoms with Crippen molar-refractivity contribution in [3.8, 4) is 0 Å². The van der Waals surface area contributed by atoms with Crippen LogP contribution in [0.25, 0.3) is 6.08 Å². The van der Waals surface area contributed by atoms with Crippen molar-refractivity contribution in [2.75, 3.05) is 0 Å². The Bertz CT molecular complexity index is 774. The molecule has 1 aliphatic heterocycles. The molecule has 1 saturated heterocycles. The third-order valence-electron chi connectivity index (χ3n) is 9.40. The van der Waals surface area contributed by atoms with Gasteiger partial charge in [0.1, 0.15) is 0 Å². The van der Waals surface area contributed by atoms with Gasteiger partial charge in [0, 0.05) is 24.9 Å². The van der Waals surface area contributed by atoms with Crippen LogP contribution in [0.3, 0.4) is 0 Å². The van der Waals surface area contributed by atoms with Crippen LogP contribution in [-0.2, 0) is 4.79 Å². The molecule has 7 atom stereocenters. The first-order valence-corrected chi connectivity index (χ1v) is 11.4. The zero-order valence-electron chi connectivity index (χ0n) is 17.4. The summed E-state index contributed by atoms with van der Waals surface area (Å²) in [6.07, 6.45) is 18.3. The maximum absolute atomic E-state index is 12.0. The second kappa shape index (κ2) is 6.71. The van der Waals surface area contributed by atoms with Gasteiger partial charge in [-0.25, -0.2) is 0 Å². The lowest BCUT2D eigenvalue weighted by atomic mass is 9.47. The molecule has 1 aromatic heterocycles. The molecule has 3 aliphatic carbocycles. The lowest BCUT2D eigenvalue weighted by molar-refractivity contribution is -0.136. The van der Waals surface area contributed by atoms with Crippen molar-refractivity contribution < 1.29 is 4.79 Å². The second-order valence-electron chi connectivity index (χ2n) is 10.4. The molecule has 4 aliphatic rings. The number of amides is 1. The van der Waals surface area contributed by atoms with Crippen LogP contribution in [-0.4, -0.2) is 16.9 Å². The van der Waals surface area contributed by atoms with Gasteiger partial charge >= 0.3 is 0 Å². The van der Waals surface area contributed by atoms with E-state index in [-0.39, 0.29) is 5.91 Å². The first-order chi connectivity index (χ1) is 13.5. The van der Waals surface area contributed by atoms with Gasteiger partial charge in [0.15, 0.2) is 0 Å². The average Bonchev–Trinajstić information content (AvgIpc) is 3.04. The van der Waals surface area contributed by atoms with Crippen molar-refractivity contribution in [1.29, 1.82) is 0 Å². The molecule has 0 radical (unpaired) electrons. The minimum atomic E-state index is 0.281. The van der Waals surface area contributed by atoms with Gasteiger partial charge in [-0.15, -0.1) is 0 Å². The van der Waals surface area contributed by atoms with Crippen LogP contribution in [0.4, 0.5) is 0 Å². The van der Waals surface area contributed by atoms with Crippen LogP contribution in [0.1, 0.15) is 70.8 Å². The lowest BCUT2D eigenvalue weighted by Gasteiger charge is -2.60. The summed E-state index contributed by atoms with van der Waals surface area (Å²) in [6.45, 7) is 5.08. The van der Waals surface area contributed by atoms with E-state index >= 15 is 0 Å². The summed E-state index contributed by atoms with van der Waals surface area (Å²) < 4.78 is 0. The summed E-state index contributed by atoms with van der Waals surface area (Å²) in [4.78, 5) is 16.1. The van der Waals surface area contributed by atoms with Crippen LogP contribution in [0.2, 0.25) is 0 Å². The Morgan fingerprint density at radius 1 is 1.00 bits per heavy atom. The number of nitrogens with one attached hydrogen (secondary N) is 1. The van der Waals surface area contributed by atoms with E-state index in [1.54, 1.807) is 0 Å². The number of hydrogen-bond donors (Lipinski definition) is 1. The van der Waals surface area contributed by atoms with Gasteiger partial charge < -0.3 is 5.32 Å². The number of allylic oxidation sites excluding steroid dienone is 1. The molecule has 3 heteroatoms. The largest absolute Gasteiger partial charge is 0.353 e. The van der Waals surface area contributed by atoms with Gasteiger partial charge in [-0.2, -0.15) is 0 Å². The van der Waals surface area contributed by atoms with E-state index in [1.807, 2.05) is 12.4 Å². The standard InChI is InChI=1S/C25H34N2O/c1-24-13-9-21-19(6-8-22-25(21,2)14-10-23(28)27-22)20(24)7-5-18(24)4-3-17-11-15-26-16-12-17/h3-4,11-12,15-16,18-22H,5-10,13-14H2,1-2H3,(H,27,28)/b4-3-/t18-,19-,20-,21-,22+,24+,25+/m0/s1. The monoisotopic (exact) mass is 378 g/mol. The molecular weight excluding hydrogens is 344 g/mol. The Morgan fingerprint density at radius 3 is 2.61 bits per heavy atom. The number of carbonyl (C=O) groups is 1. The Balaban J connectivity index is 1.37. The first kappa shape index (κ1) is 18.4. The number of fused-ring (bicyclic) bond motifs is 5. The molecule has 2 heterocycles. The third-order valence-corrected chi connectivity index (χ3v) is 9.40. The van der Waals surface area contributed by atoms with Crippen LogP contribution in [0, 0.1) is 34.5 Å². The molecule has 0 unspecified atom stereocenters. The van der Waals surface area contributed by atoms with E-state index in [4.69, 9.17) is 0 Å². The molecule has 3 nitrogen and oxygen atoms in total. The van der Waals surface area contributed by atoms with Crippen LogP contribution < -0.4 is 5.32 Å². The zero-order chi connectivity index (χ0) is 19.4. The number of pyridine rings is 1. The van der Waals surface area contributed by atoms with Crippen molar-refractivity contribution in [3.05, 3.63) is 36.2 Å². The van der Waals surface area contributed by atoms with Crippen molar-refractivity contribution in [2.24, 2.45) is 34.5 Å². The summed E-state index contributed by atoms with van der Waals surface area (Å²) in [5.74, 6) is 3.49. The number of hydrogen-bond acceptors (Lipinski definition) is 2. The predicted octanol–water partition coefficient (Wildman–Crippen LogP) is 5.23. The van der Waals surface area contributed by atoms with E-state index in [2.05, 4.69) is 48.4 Å². The van der Waals surface area contributed by atoms with E-state index in [0.29, 0.717) is 22.8 Å². The van der Waals surface area contributed by atoms with Crippen molar-refractivity contribution in [1.82, 2.24) is 10.3 Å². The summed E-state index contributed by atoms with van der Waals surface area (Å²) in [5.41, 5.74) is 2.04. The highest BCUT2D eigenvalue weighted by atomic mass is 16.1. The van der Waals surface area contributed by atoms with Gasteiger partial charge in [-0.3, -0.25) is 9.78 Å². The quantitative estimate of drug-likeness (QED) is 0.765. The topological polar surface area (TPSA) is 42.0 Å². The first-order valence-electron chi connectivity index (χ1n) is 11.4. The predicted molar refractivity (Wildman–Crippen MR) is 112 cm³/mol. The molecule has 0 aromatic carbocycles. The Kier molecular flexibility index (Phi) is 4.41. The molecule has 3 saturated carbocycles. The molecule has 5 rings (SSSR count). The summed E-state index contributed by atoms with van der Waals surface area (Å²) in [5, 5.41) is 3.35. The zero-order valence-corrected chi connectivity index (χ0v) is 17.4. The summed E-state index contributed by atoms with van der Waals surface area (Å²) in [7, 11) is 0. The van der Waals surface area contributed by atoms with Gasteiger partial charge in [-0.05, 0) is 97.1 Å². The maximum Gasteiger partial charge on any atom is 0.220 e. The van der Waals surface area contributed by atoms with Gasteiger partial charge in [0.2, 0.25) is 5.91 Å². The highest BCUT2D eigenvalue weighted by Gasteiger charge is 2.59. The number of nitrogens with zero attached hydrogens (tertiary/aromatic N) is 1. The molecule has 4 fully saturated rings. The normalized spacial score (nSPS) is 45.2. The highest BCUT2D eigenvalue weighted by molar-refractivity contribution is 5.77. The van der Waals surface area contributed by atoms with E-state index < -0.39 is 0 Å². The molecule has 1 N–H and O–H groups in total. The van der Waals surface area contributed by atoms with E-state index in [9.17, 15) is 4.79 Å². The van der Waals surface area contributed by atoms with Gasteiger partial charge in [-0.1, -0.05) is 26.0 Å². The molecule has 0 bridgehead atoms. The Morgan fingerprint density at radius 2 is 1.79 bits per heavy atom. The van der Waals surface area contributed by atoms with Crippen LogP contribution in [0.15, 0.2) is 30.6 Å². The third kappa shape index (κ3) is 2.76. The van der Waals surface area contributed by atoms with Gasteiger partial charge in [0.25, 0.3) is 0 Å². The average molecular weight is 379 g/mol. The second-order valence-corrected chi connectivity index (χ2v) is 10.4. The SMILES string of the molecule is C[C@]12CCC(=O)N[C@@H]1CC[C@@H]1[C@@H]2CC[C@]2(C)[C@@H](/C=C\c3ccncc3)CC[C@@H]12. The van der Waals surface area contributed by atoms with Crippen LogP contribution >= 0.6 is 0 Å². The number of piperidine rings is 1. The van der Waals surface area contributed by atoms with Crippen LogP contribution in [0.5, 0.6) is 0 Å². The maximum atomic E-state index is 12.0. The molecule has 150 valence electrons. The molecule has 1 amide bonds. The molecular formula is C25H34N2O. The summed E-state index contributed by atoms with van der Waals surface area (Å²) in [6, 6.07) is 4.62. The van der Waals surface area contributed by atoms with E-state index in [1.165, 1.54) is 44.1 Å². The molecule has 28 heavy (non-hydrogen) atoms. The number of aromatic nitrogens is 1. The fraction of sp³-hybridized carbons (Fsp3) is 0.680. The smallest absolute Gasteiger partial charge is 0.220 e. The lowest BCUT2D eigenvalue weighted by Crippen LogP contribution is -2.61. The van der Waals surface area contributed by atoms with Gasteiger partial charge in [0.05, 0.1) is 0 Å². The summed E-state index contributed by atoms with van der Waals surface area (Å²) >= 11 is 0. The van der Waals surface area contributed by atoms with Crippen molar-refractivity contribution in [2.45, 2.75) is 71.3 Å². The Hall–Kier alpha value is -1.64. The minimum absolute atomic E-state index is 0.281.